The van der Waals surface area contributed by atoms with Crippen molar-refractivity contribution >= 4 is 29.2 Å². The Labute approximate surface area is 171 Å². The van der Waals surface area contributed by atoms with E-state index in [1.54, 1.807) is 30.3 Å². The number of anilines is 4. The second kappa shape index (κ2) is 7.77. The number of aryl methyl sites for hydroxylation is 1. The number of hydrazine groups is 1. The van der Waals surface area contributed by atoms with Crippen LogP contribution in [-0.2, 0) is 0 Å². The topological polar surface area (TPSA) is 73.8 Å². The first kappa shape index (κ1) is 19.3. The van der Waals surface area contributed by atoms with Crippen LogP contribution in [0.25, 0.3) is 0 Å². The number of amides is 2. The van der Waals surface area contributed by atoms with E-state index >= 15 is 0 Å². The molecule has 29 heavy (non-hydrogen) atoms. The molecule has 0 radical (unpaired) electrons. The van der Waals surface area contributed by atoms with E-state index in [9.17, 15) is 4.79 Å². The van der Waals surface area contributed by atoms with Gasteiger partial charge in [0.25, 0.3) is 0 Å². The average molecular weight is 396 g/mol. The predicted molar refractivity (Wildman–Crippen MR) is 114 cm³/mol. The minimum atomic E-state index is -0.0421. The molecular formula is C21H28N6O2. The SMILES string of the molecule is CCN1C(=O)N(C)c2cnc(Nc3ccc(C)c(OC)c3)nc2N1C1CCCC1. The zero-order chi connectivity index (χ0) is 20.5. The second-order valence-corrected chi connectivity index (χ2v) is 7.55. The number of benzene rings is 1. The van der Waals surface area contributed by atoms with Gasteiger partial charge in [0, 0.05) is 25.3 Å². The first-order valence-electron chi connectivity index (χ1n) is 10.2. The summed E-state index contributed by atoms with van der Waals surface area (Å²) in [6.07, 6.45) is 6.21. The van der Waals surface area contributed by atoms with Crippen LogP contribution in [0.15, 0.2) is 24.4 Å². The van der Waals surface area contributed by atoms with Gasteiger partial charge in [-0.15, -0.1) is 0 Å². The normalized spacial score (nSPS) is 17.0. The fourth-order valence-electron chi connectivity index (χ4n) is 4.15. The highest BCUT2D eigenvalue weighted by Gasteiger charge is 2.39. The minimum Gasteiger partial charge on any atom is -0.496 e. The van der Waals surface area contributed by atoms with E-state index in [-0.39, 0.29) is 12.1 Å². The molecule has 8 nitrogen and oxygen atoms in total. The maximum absolute atomic E-state index is 12.9. The summed E-state index contributed by atoms with van der Waals surface area (Å²) in [6.45, 7) is 4.60. The highest BCUT2D eigenvalue weighted by Crippen LogP contribution is 2.39. The third-order valence-electron chi connectivity index (χ3n) is 5.73. The third-order valence-corrected chi connectivity index (χ3v) is 5.73. The van der Waals surface area contributed by atoms with Gasteiger partial charge in [0.1, 0.15) is 11.4 Å². The Bertz CT molecular complexity index is 912. The van der Waals surface area contributed by atoms with Crippen molar-refractivity contribution in [3.05, 3.63) is 30.0 Å². The number of rotatable bonds is 5. The smallest absolute Gasteiger partial charge is 0.343 e. The van der Waals surface area contributed by atoms with Crippen LogP contribution in [0.5, 0.6) is 5.75 Å². The van der Waals surface area contributed by atoms with Crippen molar-refractivity contribution in [1.82, 2.24) is 15.0 Å². The average Bonchev–Trinajstić information content (AvgIpc) is 3.26. The molecule has 0 saturated heterocycles. The van der Waals surface area contributed by atoms with Crippen molar-refractivity contribution in [3.8, 4) is 5.75 Å². The molecule has 0 bridgehead atoms. The lowest BCUT2D eigenvalue weighted by molar-refractivity contribution is 0.191. The highest BCUT2D eigenvalue weighted by atomic mass is 16.5. The van der Waals surface area contributed by atoms with Crippen LogP contribution in [0, 0.1) is 6.92 Å². The van der Waals surface area contributed by atoms with Crippen molar-refractivity contribution in [2.24, 2.45) is 0 Å². The van der Waals surface area contributed by atoms with Gasteiger partial charge in [0.15, 0.2) is 5.82 Å². The first-order valence-corrected chi connectivity index (χ1v) is 10.2. The van der Waals surface area contributed by atoms with E-state index in [1.807, 2.05) is 32.0 Å². The number of fused-ring (bicyclic) bond motifs is 1. The van der Waals surface area contributed by atoms with Gasteiger partial charge < -0.3 is 10.1 Å². The maximum atomic E-state index is 12.9. The fourth-order valence-corrected chi connectivity index (χ4v) is 4.15. The van der Waals surface area contributed by atoms with Gasteiger partial charge in [-0.2, -0.15) is 4.98 Å². The van der Waals surface area contributed by atoms with Crippen molar-refractivity contribution < 1.29 is 9.53 Å². The molecule has 0 atom stereocenters. The van der Waals surface area contributed by atoms with Crippen molar-refractivity contribution in [1.29, 1.82) is 0 Å². The monoisotopic (exact) mass is 396 g/mol. The Morgan fingerprint density at radius 1 is 1.28 bits per heavy atom. The van der Waals surface area contributed by atoms with Gasteiger partial charge >= 0.3 is 6.03 Å². The van der Waals surface area contributed by atoms with Gasteiger partial charge in [0.05, 0.1) is 19.3 Å². The molecule has 0 unspecified atom stereocenters. The molecule has 2 aromatic rings. The number of nitrogens with zero attached hydrogens (tertiary/aromatic N) is 5. The van der Waals surface area contributed by atoms with Crippen LogP contribution in [-0.4, -0.2) is 47.8 Å². The molecule has 2 amide bonds. The molecule has 4 rings (SSSR count). The molecule has 2 aliphatic rings. The highest BCUT2D eigenvalue weighted by molar-refractivity contribution is 5.98. The number of nitrogens with one attached hydrogen (secondary N) is 1. The largest absolute Gasteiger partial charge is 0.496 e. The van der Waals surface area contributed by atoms with Crippen LogP contribution in [0.4, 0.5) is 27.9 Å². The minimum absolute atomic E-state index is 0.0421. The van der Waals surface area contributed by atoms with E-state index in [2.05, 4.69) is 15.3 Å². The van der Waals surface area contributed by atoms with Crippen LogP contribution >= 0.6 is 0 Å². The standard InChI is InChI=1S/C21H28N6O2/c1-5-26-21(28)25(3)17-13-22-20(23-15-11-10-14(2)18(12-15)29-4)24-19(17)27(26)16-8-6-7-9-16/h10-13,16H,5-9H2,1-4H3,(H,22,23,24). The fraction of sp³-hybridized carbons (Fsp3) is 0.476. The summed E-state index contributed by atoms with van der Waals surface area (Å²) in [5.74, 6) is 2.08. The van der Waals surface area contributed by atoms with Crippen molar-refractivity contribution in [3.63, 3.8) is 0 Å². The first-order chi connectivity index (χ1) is 14.0. The van der Waals surface area contributed by atoms with Crippen molar-refractivity contribution in [2.75, 3.05) is 35.9 Å². The Balaban J connectivity index is 1.71. The Kier molecular flexibility index (Phi) is 5.17. The number of ether oxygens (including phenoxy) is 1. The lowest BCUT2D eigenvalue weighted by atomic mass is 10.2. The van der Waals surface area contributed by atoms with Crippen LogP contribution < -0.4 is 20.0 Å². The maximum Gasteiger partial charge on any atom is 0.343 e. The number of carbonyl (C=O) groups is 1. The van der Waals surface area contributed by atoms with Crippen LogP contribution in [0.2, 0.25) is 0 Å². The number of aromatic nitrogens is 2. The quantitative estimate of drug-likeness (QED) is 0.820. The molecule has 154 valence electrons. The molecule has 1 saturated carbocycles. The second-order valence-electron chi connectivity index (χ2n) is 7.55. The predicted octanol–water partition coefficient (Wildman–Crippen LogP) is 4.09. The van der Waals surface area contributed by atoms with E-state index in [1.165, 1.54) is 12.8 Å². The van der Waals surface area contributed by atoms with Gasteiger partial charge in [-0.25, -0.2) is 14.8 Å². The molecule has 1 aromatic heterocycles. The van der Waals surface area contributed by atoms with Gasteiger partial charge in [0.2, 0.25) is 5.95 Å². The molecular weight excluding hydrogens is 368 g/mol. The number of hydrogen-bond donors (Lipinski definition) is 1. The van der Waals surface area contributed by atoms with Crippen LogP contribution in [0.3, 0.4) is 0 Å². The zero-order valence-corrected chi connectivity index (χ0v) is 17.5. The summed E-state index contributed by atoms with van der Waals surface area (Å²) in [5.41, 5.74) is 2.65. The van der Waals surface area contributed by atoms with Crippen molar-refractivity contribution in [2.45, 2.75) is 45.6 Å². The zero-order valence-electron chi connectivity index (χ0n) is 17.5. The van der Waals surface area contributed by atoms with E-state index < -0.39 is 0 Å². The summed E-state index contributed by atoms with van der Waals surface area (Å²) in [7, 11) is 3.43. The Morgan fingerprint density at radius 2 is 2.03 bits per heavy atom. The Hall–Kier alpha value is -3.03. The molecule has 2 heterocycles. The van der Waals surface area contributed by atoms with Gasteiger partial charge in [-0.1, -0.05) is 18.9 Å². The van der Waals surface area contributed by atoms with E-state index in [0.717, 1.165) is 41.3 Å². The lowest BCUT2D eigenvalue weighted by Gasteiger charge is -2.45. The van der Waals surface area contributed by atoms with Gasteiger partial charge in [-0.05, 0) is 38.3 Å². The molecule has 1 N–H and O–H groups in total. The number of urea groups is 1. The number of hydrogen-bond acceptors (Lipinski definition) is 6. The molecule has 0 spiro atoms. The third kappa shape index (κ3) is 3.43. The summed E-state index contributed by atoms with van der Waals surface area (Å²) < 4.78 is 5.41. The molecule has 8 heteroatoms. The number of carbonyl (C=O) groups excluding carboxylic acids is 1. The summed E-state index contributed by atoms with van der Waals surface area (Å²) >= 11 is 0. The molecule has 1 aliphatic carbocycles. The van der Waals surface area contributed by atoms with Gasteiger partial charge in [-0.3, -0.25) is 9.91 Å². The van der Waals surface area contributed by atoms with Crippen LogP contribution in [0.1, 0.15) is 38.2 Å². The summed E-state index contributed by atoms with van der Waals surface area (Å²) in [6, 6.07) is 6.15. The van der Waals surface area contributed by atoms with E-state index in [0.29, 0.717) is 12.5 Å². The number of methoxy groups -OCH3 is 1. The molecule has 1 aliphatic heterocycles. The molecule has 1 fully saturated rings. The molecule has 1 aromatic carbocycles. The summed E-state index contributed by atoms with van der Waals surface area (Å²) in [5, 5.41) is 7.16. The van der Waals surface area contributed by atoms with E-state index in [4.69, 9.17) is 9.72 Å². The Morgan fingerprint density at radius 3 is 2.72 bits per heavy atom. The lowest BCUT2D eigenvalue weighted by Crippen LogP contribution is -2.59. The summed E-state index contributed by atoms with van der Waals surface area (Å²) in [4.78, 5) is 23.8.